The molecule has 82 valence electrons. The van der Waals surface area contributed by atoms with Crippen molar-refractivity contribution in [1.29, 1.82) is 0 Å². The fourth-order valence-corrected chi connectivity index (χ4v) is 0.871. The summed E-state index contributed by atoms with van der Waals surface area (Å²) in [6.45, 7) is 2.83. The predicted octanol–water partition coefficient (Wildman–Crippen LogP) is -4.91. The molecule has 0 aromatic heterocycles. The normalized spacial score (nSPS) is 15.2. The Labute approximate surface area is 142 Å². The standard InChI is InChI=1S/C5H10N2O2S.CH3NOS.K/c6-5(10)9-7-1-3-8-4-2-7;2-1(3)4;/h1-4H2,(H2,6,10);(H3,2,3,4);/q;;+1/p-1. The number of hydrogen-bond donors (Lipinski definition) is 2. The van der Waals surface area contributed by atoms with Gasteiger partial charge in [-0.25, -0.2) is 0 Å². The molecule has 1 rings (SSSR count). The summed E-state index contributed by atoms with van der Waals surface area (Å²) in [4.78, 5) is 4.95. The van der Waals surface area contributed by atoms with Crippen molar-refractivity contribution >= 4 is 34.8 Å². The Balaban J connectivity index is 0. The average molecular weight is 277 g/mol. The number of nitrogens with zero attached hydrogens (tertiary/aromatic N) is 1. The first kappa shape index (κ1) is 18.3. The third-order valence-electron chi connectivity index (χ3n) is 1.19. The van der Waals surface area contributed by atoms with Crippen molar-refractivity contribution in [1.82, 2.24) is 5.06 Å². The van der Waals surface area contributed by atoms with E-state index in [1.54, 1.807) is 5.06 Å². The molecule has 15 heavy (non-hydrogen) atoms. The second kappa shape index (κ2) is 11.4. The maximum absolute atomic E-state index is 9.04. The SMILES string of the molecule is NC(=S)ON1CCOCC1.NC([O-])=S.[K+]. The minimum atomic E-state index is -0.750. The molecule has 0 amide bonds. The molecule has 0 spiro atoms. The minimum Gasteiger partial charge on any atom is -0.852 e. The van der Waals surface area contributed by atoms with Crippen molar-refractivity contribution in [3.8, 4) is 0 Å². The maximum Gasteiger partial charge on any atom is 1.00 e. The summed E-state index contributed by atoms with van der Waals surface area (Å²) in [6.07, 6.45) is 0. The number of morpholine rings is 1. The molecule has 9 heteroatoms. The smallest absolute Gasteiger partial charge is 0.852 e. The third kappa shape index (κ3) is 14.9. The number of thiocarbonyl (C=S) groups is 2. The summed E-state index contributed by atoms with van der Waals surface area (Å²) in [6, 6.07) is 0. The summed E-state index contributed by atoms with van der Waals surface area (Å²) in [7, 11) is 0. The van der Waals surface area contributed by atoms with Crippen molar-refractivity contribution in [3.05, 3.63) is 0 Å². The van der Waals surface area contributed by atoms with E-state index in [1.807, 2.05) is 0 Å². The van der Waals surface area contributed by atoms with Gasteiger partial charge < -0.3 is 26.1 Å². The molecule has 0 saturated carbocycles. The van der Waals surface area contributed by atoms with Gasteiger partial charge in [-0.2, -0.15) is 0 Å². The van der Waals surface area contributed by atoms with Crippen LogP contribution in [0.25, 0.3) is 0 Å². The van der Waals surface area contributed by atoms with Crippen LogP contribution >= 0.6 is 24.4 Å². The molecule has 0 radical (unpaired) electrons. The van der Waals surface area contributed by atoms with E-state index in [-0.39, 0.29) is 56.6 Å². The van der Waals surface area contributed by atoms with Gasteiger partial charge in [-0.15, -0.1) is 5.06 Å². The van der Waals surface area contributed by atoms with Gasteiger partial charge in [-0.05, 0) is 12.2 Å². The zero-order valence-electron chi connectivity index (χ0n) is 8.47. The van der Waals surface area contributed by atoms with Gasteiger partial charge in [-0.3, -0.25) is 0 Å². The van der Waals surface area contributed by atoms with Crippen LogP contribution in [0, 0.1) is 0 Å². The molecular weight excluding hydrogens is 265 g/mol. The molecule has 1 aliphatic rings. The molecule has 0 atom stereocenters. The van der Waals surface area contributed by atoms with E-state index >= 15 is 0 Å². The summed E-state index contributed by atoms with van der Waals surface area (Å²) < 4.78 is 5.08. The first-order valence-corrected chi connectivity index (χ1v) is 4.60. The fraction of sp³-hybridized carbons (Fsp3) is 0.667. The van der Waals surface area contributed by atoms with E-state index in [0.717, 1.165) is 13.1 Å². The van der Waals surface area contributed by atoms with E-state index < -0.39 is 5.17 Å². The van der Waals surface area contributed by atoms with E-state index in [2.05, 4.69) is 30.2 Å². The molecule has 6 nitrogen and oxygen atoms in total. The monoisotopic (exact) mass is 277 g/mol. The van der Waals surface area contributed by atoms with Crippen molar-refractivity contribution < 1.29 is 66.1 Å². The van der Waals surface area contributed by atoms with Crippen molar-refractivity contribution in [2.75, 3.05) is 26.3 Å². The van der Waals surface area contributed by atoms with Gasteiger partial charge >= 0.3 is 51.4 Å². The van der Waals surface area contributed by atoms with Crippen LogP contribution in [0.4, 0.5) is 0 Å². The Morgan fingerprint density at radius 3 is 2.00 bits per heavy atom. The van der Waals surface area contributed by atoms with Crippen molar-refractivity contribution in [2.24, 2.45) is 11.5 Å². The maximum atomic E-state index is 9.04. The van der Waals surface area contributed by atoms with Crippen LogP contribution in [-0.2, 0) is 9.57 Å². The minimum absolute atomic E-state index is 0. The first-order chi connectivity index (χ1) is 6.52. The molecule has 0 unspecified atom stereocenters. The molecule has 1 aliphatic heterocycles. The molecule has 0 aromatic rings. The van der Waals surface area contributed by atoms with Gasteiger partial charge in [0.25, 0.3) is 5.17 Å². The average Bonchev–Trinajstić information content (AvgIpc) is 2.03. The van der Waals surface area contributed by atoms with Gasteiger partial charge in [0.2, 0.25) is 0 Å². The van der Waals surface area contributed by atoms with Crippen LogP contribution in [-0.4, -0.2) is 41.7 Å². The molecule has 0 aromatic carbocycles. The quantitative estimate of drug-likeness (QED) is 0.364. The molecule has 4 N–H and O–H groups in total. The van der Waals surface area contributed by atoms with Crippen LogP contribution in [0.15, 0.2) is 0 Å². The first-order valence-electron chi connectivity index (χ1n) is 3.79. The van der Waals surface area contributed by atoms with Gasteiger partial charge in [-0.1, -0.05) is 12.2 Å². The van der Waals surface area contributed by atoms with Crippen LogP contribution < -0.4 is 68.0 Å². The summed E-state index contributed by atoms with van der Waals surface area (Å²) in [5.41, 5.74) is 9.44. The van der Waals surface area contributed by atoms with Gasteiger partial charge in [0, 0.05) is 5.17 Å². The van der Waals surface area contributed by atoms with E-state index in [9.17, 15) is 0 Å². The number of rotatable bonds is 1. The van der Waals surface area contributed by atoms with E-state index in [1.165, 1.54) is 0 Å². The number of nitrogens with two attached hydrogens (primary N) is 2. The molecule has 1 saturated heterocycles. The van der Waals surface area contributed by atoms with Crippen LogP contribution in [0.2, 0.25) is 0 Å². The predicted molar refractivity (Wildman–Crippen MR) is 57.0 cm³/mol. The van der Waals surface area contributed by atoms with Crippen molar-refractivity contribution in [3.63, 3.8) is 0 Å². The Morgan fingerprint density at radius 1 is 1.27 bits per heavy atom. The molecule has 0 bridgehead atoms. The zero-order chi connectivity index (χ0) is 11.0. The van der Waals surface area contributed by atoms with Crippen LogP contribution in [0.3, 0.4) is 0 Å². The Kier molecular flexibility index (Phi) is 13.9. The Bertz CT molecular complexity index is 198. The van der Waals surface area contributed by atoms with E-state index in [0.29, 0.717) is 13.2 Å². The summed E-state index contributed by atoms with van der Waals surface area (Å²) >= 11 is 8.31. The largest absolute Gasteiger partial charge is 1.00 e. The fourth-order valence-electron chi connectivity index (χ4n) is 0.765. The zero-order valence-corrected chi connectivity index (χ0v) is 13.2. The van der Waals surface area contributed by atoms with Crippen LogP contribution in [0.1, 0.15) is 0 Å². The second-order valence-electron chi connectivity index (χ2n) is 2.27. The topological polar surface area (TPSA) is 96.8 Å². The van der Waals surface area contributed by atoms with Crippen LogP contribution in [0.5, 0.6) is 0 Å². The van der Waals surface area contributed by atoms with Gasteiger partial charge in [0.1, 0.15) is 0 Å². The third-order valence-corrected chi connectivity index (χ3v) is 1.26. The Morgan fingerprint density at radius 2 is 1.67 bits per heavy atom. The summed E-state index contributed by atoms with van der Waals surface area (Å²) in [5, 5.41) is 10.1. The van der Waals surface area contributed by atoms with Gasteiger partial charge in [0.15, 0.2) is 0 Å². The molecule has 1 heterocycles. The summed E-state index contributed by atoms with van der Waals surface area (Å²) in [5.74, 6) is 0. The number of hydroxylamine groups is 2. The van der Waals surface area contributed by atoms with E-state index in [4.69, 9.17) is 20.4 Å². The Hall–Kier alpha value is 0.936. The van der Waals surface area contributed by atoms with Gasteiger partial charge in [0.05, 0.1) is 26.3 Å². The molecule has 0 aliphatic carbocycles. The molecule has 1 fully saturated rings. The molecular formula is C6H12KN3O3S2. The number of hydrogen-bond acceptors (Lipinski definition) is 6. The van der Waals surface area contributed by atoms with Crippen molar-refractivity contribution in [2.45, 2.75) is 0 Å². The number of ether oxygens (including phenoxy) is 1. The second-order valence-corrected chi connectivity index (χ2v) is 3.08.